The first-order valence-electron chi connectivity index (χ1n) is 9.19. The number of nitrogens with zero attached hydrogens (tertiary/aromatic N) is 2. The van der Waals surface area contributed by atoms with Crippen molar-refractivity contribution in [2.24, 2.45) is 0 Å². The Morgan fingerprint density at radius 1 is 1.03 bits per heavy atom. The van der Waals surface area contributed by atoms with E-state index < -0.39 is 27.4 Å². The van der Waals surface area contributed by atoms with Crippen molar-refractivity contribution in [3.8, 4) is 17.0 Å². The lowest BCUT2D eigenvalue weighted by atomic mass is 10.0. The molecule has 0 unspecified atom stereocenters. The molecule has 0 bridgehead atoms. The van der Waals surface area contributed by atoms with Gasteiger partial charge in [-0.2, -0.15) is 26.6 Å². The molecule has 1 heterocycles. The van der Waals surface area contributed by atoms with E-state index in [9.17, 15) is 26.4 Å². The number of nitrogens with two attached hydrogens (primary N) is 1. The second kappa shape index (κ2) is 8.90. The van der Waals surface area contributed by atoms with Gasteiger partial charge < -0.3 is 15.2 Å². The molecule has 0 aliphatic carbocycles. The zero-order valence-corrected chi connectivity index (χ0v) is 17.9. The highest BCUT2D eigenvalue weighted by atomic mass is 32.2. The smallest absolute Gasteiger partial charge is 0.399 e. The molecule has 3 aromatic rings. The van der Waals surface area contributed by atoms with Crippen LogP contribution in [0.15, 0.2) is 61.2 Å². The number of hydrogen-bond donors (Lipinski definition) is 2. The Hall–Kier alpha value is -3.93. The van der Waals surface area contributed by atoms with Crippen LogP contribution < -0.4 is 15.2 Å². The van der Waals surface area contributed by atoms with Crippen LogP contribution in [0.3, 0.4) is 0 Å². The Labute approximate surface area is 187 Å². The number of anilines is 1. The number of alkyl halides is 3. The van der Waals surface area contributed by atoms with Crippen LogP contribution in [-0.2, 0) is 10.1 Å². The predicted octanol–water partition coefficient (Wildman–Crippen LogP) is 3.66. The van der Waals surface area contributed by atoms with Gasteiger partial charge in [0.15, 0.2) is 0 Å². The minimum atomic E-state index is -5.92. The number of carbonyl (C=O) groups is 1. The molecule has 12 heteroatoms. The number of carbonyl (C=O) groups excluding carboxylic acids is 1. The van der Waals surface area contributed by atoms with Crippen LogP contribution in [0.2, 0.25) is 0 Å². The molecule has 172 valence electrons. The van der Waals surface area contributed by atoms with Crippen molar-refractivity contribution in [3.05, 3.63) is 78.3 Å². The van der Waals surface area contributed by atoms with Crippen molar-refractivity contribution in [1.82, 2.24) is 15.3 Å². The van der Waals surface area contributed by atoms with Crippen LogP contribution >= 0.6 is 0 Å². The van der Waals surface area contributed by atoms with E-state index in [1.807, 2.05) is 12.1 Å². The minimum absolute atomic E-state index is 0.0943. The predicted molar refractivity (Wildman–Crippen MR) is 115 cm³/mol. The van der Waals surface area contributed by atoms with Crippen molar-refractivity contribution in [3.63, 3.8) is 0 Å². The fourth-order valence-corrected chi connectivity index (χ4v) is 3.06. The maximum absolute atomic E-state index is 12.6. The van der Waals surface area contributed by atoms with Gasteiger partial charge in [-0.3, -0.25) is 4.79 Å². The molecule has 0 fully saturated rings. The summed E-state index contributed by atoms with van der Waals surface area (Å²) >= 11 is 0. The van der Waals surface area contributed by atoms with E-state index in [-0.39, 0.29) is 22.8 Å². The molecule has 33 heavy (non-hydrogen) atoms. The van der Waals surface area contributed by atoms with Crippen molar-refractivity contribution in [1.29, 1.82) is 0 Å². The average molecular weight is 478 g/mol. The highest BCUT2D eigenvalue weighted by Gasteiger charge is 2.49. The van der Waals surface area contributed by atoms with Crippen LogP contribution in [-0.4, -0.2) is 29.8 Å². The van der Waals surface area contributed by atoms with Gasteiger partial charge in [-0.15, -0.1) is 0 Å². The van der Waals surface area contributed by atoms with Gasteiger partial charge in [0.05, 0.1) is 11.4 Å². The van der Waals surface area contributed by atoms with Gasteiger partial charge in [-0.05, 0) is 42.3 Å². The minimum Gasteiger partial charge on any atom is -0.399 e. The summed E-state index contributed by atoms with van der Waals surface area (Å²) in [7, 11) is -5.92. The molecule has 1 aromatic heterocycles. The standard InChI is InChI=1S/C21H17F3N4O4S/c1-12(18-11-19(28-13(2)27-18)32-33(30,31)21(22,23)24)26-20(29)16-5-3-14(4-6-16)15-7-9-17(25)10-8-15/h3-11H,1,25H2,2H3,(H,26,29). The third kappa shape index (κ3) is 5.66. The molecule has 0 aliphatic heterocycles. The summed E-state index contributed by atoms with van der Waals surface area (Å²) in [6.07, 6.45) is 0. The van der Waals surface area contributed by atoms with Crippen LogP contribution in [0, 0.1) is 6.92 Å². The Morgan fingerprint density at radius 2 is 1.58 bits per heavy atom. The zero-order valence-electron chi connectivity index (χ0n) is 17.1. The molecular formula is C21H17F3N4O4S. The van der Waals surface area contributed by atoms with Gasteiger partial charge in [0.1, 0.15) is 5.82 Å². The van der Waals surface area contributed by atoms with Gasteiger partial charge in [-0.1, -0.05) is 30.8 Å². The van der Waals surface area contributed by atoms with E-state index in [4.69, 9.17) is 5.73 Å². The molecule has 8 nitrogen and oxygen atoms in total. The summed E-state index contributed by atoms with van der Waals surface area (Å²) in [6.45, 7) is 4.94. The number of nitrogen functional groups attached to an aromatic ring is 1. The Kier molecular flexibility index (Phi) is 6.40. The second-order valence-corrected chi connectivity index (χ2v) is 8.29. The van der Waals surface area contributed by atoms with E-state index in [1.165, 1.54) is 6.92 Å². The first-order chi connectivity index (χ1) is 15.4. The molecule has 0 aliphatic rings. The summed E-state index contributed by atoms with van der Waals surface area (Å²) in [4.78, 5) is 20.0. The number of rotatable bonds is 6. The first kappa shape index (κ1) is 23.7. The van der Waals surface area contributed by atoms with Gasteiger partial charge in [0.2, 0.25) is 5.88 Å². The summed E-state index contributed by atoms with van der Waals surface area (Å²) in [5, 5.41) is 2.46. The Morgan fingerprint density at radius 3 is 2.12 bits per heavy atom. The Balaban J connectivity index is 1.75. The highest BCUT2D eigenvalue weighted by molar-refractivity contribution is 7.87. The number of halogens is 3. The summed E-state index contributed by atoms with van der Waals surface area (Å²) in [6, 6.07) is 14.6. The van der Waals surface area contributed by atoms with E-state index in [0.717, 1.165) is 17.2 Å². The number of amides is 1. The topological polar surface area (TPSA) is 124 Å². The quantitative estimate of drug-likeness (QED) is 0.315. The lowest BCUT2D eigenvalue weighted by Gasteiger charge is -2.12. The van der Waals surface area contributed by atoms with Crippen molar-refractivity contribution >= 4 is 27.4 Å². The normalized spacial score (nSPS) is 11.6. The molecule has 0 radical (unpaired) electrons. The van der Waals surface area contributed by atoms with E-state index >= 15 is 0 Å². The molecule has 1 amide bonds. The molecule has 2 aromatic carbocycles. The van der Waals surface area contributed by atoms with Gasteiger partial charge in [0, 0.05) is 17.3 Å². The number of hydrogen-bond acceptors (Lipinski definition) is 7. The molecule has 3 rings (SSSR count). The summed E-state index contributed by atoms with van der Waals surface area (Å²) in [5.74, 6) is -1.52. The monoisotopic (exact) mass is 478 g/mol. The average Bonchev–Trinajstić information content (AvgIpc) is 2.73. The third-order valence-electron chi connectivity index (χ3n) is 4.26. The summed E-state index contributed by atoms with van der Waals surface area (Å²) in [5.41, 5.74) is 2.48. The third-order valence-corrected chi connectivity index (χ3v) is 5.21. The van der Waals surface area contributed by atoms with Crippen molar-refractivity contribution in [2.45, 2.75) is 12.4 Å². The Bertz CT molecular complexity index is 1310. The van der Waals surface area contributed by atoms with Gasteiger partial charge >= 0.3 is 15.6 Å². The molecule has 0 spiro atoms. The lowest BCUT2D eigenvalue weighted by molar-refractivity contribution is -0.0501. The fourth-order valence-electron chi connectivity index (χ4n) is 2.66. The molecule has 0 atom stereocenters. The largest absolute Gasteiger partial charge is 0.534 e. The van der Waals surface area contributed by atoms with Crippen LogP contribution in [0.5, 0.6) is 5.88 Å². The molecular weight excluding hydrogens is 461 g/mol. The number of benzene rings is 2. The lowest BCUT2D eigenvalue weighted by Crippen LogP contribution is -2.28. The van der Waals surface area contributed by atoms with Crippen LogP contribution in [0.25, 0.3) is 16.8 Å². The molecule has 0 saturated heterocycles. The molecule has 0 saturated carbocycles. The van der Waals surface area contributed by atoms with Gasteiger partial charge in [0.25, 0.3) is 5.91 Å². The second-order valence-electron chi connectivity index (χ2n) is 6.75. The van der Waals surface area contributed by atoms with Crippen LogP contribution in [0.4, 0.5) is 18.9 Å². The van der Waals surface area contributed by atoms with Gasteiger partial charge in [-0.25, -0.2) is 4.98 Å². The van der Waals surface area contributed by atoms with Crippen molar-refractivity contribution < 1.29 is 30.6 Å². The van der Waals surface area contributed by atoms with E-state index in [0.29, 0.717) is 5.69 Å². The van der Waals surface area contributed by atoms with Crippen molar-refractivity contribution in [2.75, 3.05) is 5.73 Å². The molecule has 3 N–H and O–H groups in total. The highest BCUT2D eigenvalue weighted by Crippen LogP contribution is 2.27. The SMILES string of the molecule is C=C(NC(=O)c1ccc(-c2ccc(N)cc2)cc1)c1cc(OS(=O)(=O)C(F)(F)F)nc(C)n1. The first-order valence-corrected chi connectivity index (χ1v) is 10.6. The van der Waals surface area contributed by atoms with Crippen LogP contribution in [0.1, 0.15) is 21.9 Å². The zero-order chi connectivity index (χ0) is 24.4. The maximum Gasteiger partial charge on any atom is 0.534 e. The maximum atomic E-state index is 12.6. The van der Waals surface area contributed by atoms with E-state index in [2.05, 4.69) is 26.0 Å². The number of aromatic nitrogens is 2. The number of nitrogens with one attached hydrogen (secondary N) is 1. The summed E-state index contributed by atoms with van der Waals surface area (Å²) < 4.78 is 64.1. The fraction of sp³-hybridized carbons (Fsp3) is 0.0952. The number of aryl methyl sites for hydroxylation is 1. The van der Waals surface area contributed by atoms with E-state index in [1.54, 1.807) is 36.4 Å².